The van der Waals surface area contributed by atoms with Crippen LogP contribution in [0.1, 0.15) is 51.9 Å². The first-order valence-corrected chi connectivity index (χ1v) is 8.19. The second-order valence-corrected chi connectivity index (χ2v) is 7.14. The summed E-state index contributed by atoms with van der Waals surface area (Å²) >= 11 is 0. The van der Waals surface area contributed by atoms with Crippen molar-refractivity contribution in [1.29, 1.82) is 0 Å². The van der Waals surface area contributed by atoms with Crippen molar-refractivity contribution >= 4 is 18.3 Å². The van der Waals surface area contributed by atoms with Gasteiger partial charge in [-0.05, 0) is 56.3 Å². The lowest BCUT2D eigenvalue weighted by atomic mass is 9.83. The largest absolute Gasteiger partial charge is 0.339 e. The zero-order valence-corrected chi connectivity index (χ0v) is 13.4. The van der Waals surface area contributed by atoms with E-state index >= 15 is 0 Å². The molecule has 0 spiro atoms. The molecule has 3 fully saturated rings. The third kappa shape index (κ3) is 2.99. The van der Waals surface area contributed by atoms with Gasteiger partial charge in [0.25, 0.3) is 0 Å². The van der Waals surface area contributed by atoms with E-state index in [-0.39, 0.29) is 18.3 Å². The average molecular weight is 301 g/mol. The fourth-order valence-electron chi connectivity index (χ4n) is 4.77. The summed E-state index contributed by atoms with van der Waals surface area (Å²) in [6.45, 7) is 3.42. The number of carbonyl (C=O) groups is 1. The third-order valence-electron chi connectivity index (χ3n) is 5.89. The van der Waals surface area contributed by atoms with Crippen LogP contribution in [0.5, 0.6) is 0 Å². The lowest BCUT2D eigenvalue weighted by Crippen LogP contribution is -2.42. The minimum Gasteiger partial charge on any atom is -0.339 e. The van der Waals surface area contributed by atoms with Crippen LogP contribution in [0, 0.1) is 23.7 Å². The van der Waals surface area contributed by atoms with E-state index in [0.717, 1.165) is 24.3 Å². The molecule has 3 nitrogen and oxygen atoms in total. The Balaban J connectivity index is 0.00000147. The van der Waals surface area contributed by atoms with Gasteiger partial charge in [-0.15, -0.1) is 12.4 Å². The molecule has 0 aromatic rings. The Bertz CT molecular complexity index is 349. The van der Waals surface area contributed by atoms with E-state index in [0.29, 0.717) is 18.5 Å². The molecule has 3 rings (SSSR count). The molecule has 0 aromatic carbocycles. The van der Waals surface area contributed by atoms with Crippen molar-refractivity contribution in [2.45, 2.75) is 57.9 Å². The molecule has 4 heteroatoms. The number of amides is 1. The van der Waals surface area contributed by atoms with Crippen molar-refractivity contribution in [3.63, 3.8) is 0 Å². The molecule has 1 saturated heterocycles. The first-order chi connectivity index (χ1) is 9.19. The molecule has 5 atom stereocenters. The highest BCUT2D eigenvalue weighted by molar-refractivity contribution is 5.85. The predicted octanol–water partition coefficient (Wildman–Crippen LogP) is 2.82. The SMILES string of the molecule is CC(CN)C(=O)N1CCCC1CC1CC2CCC1C2.Cl. The number of rotatable bonds is 4. The van der Waals surface area contributed by atoms with Gasteiger partial charge in [0.05, 0.1) is 0 Å². The second-order valence-electron chi connectivity index (χ2n) is 7.14. The molecule has 0 radical (unpaired) electrons. The first kappa shape index (κ1) is 16.1. The van der Waals surface area contributed by atoms with Crippen LogP contribution < -0.4 is 5.73 Å². The summed E-state index contributed by atoms with van der Waals surface area (Å²) in [5.74, 6) is 3.21. The van der Waals surface area contributed by atoms with Gasteiger partial charge in [-0.2, -0.15) is 0 Å². The lowest BCUT2D eigenvalue weighted by molar-refractivity contribution is -0.135. The summed E-state index contributed by atoms with van der Waals surface area (Å²) in [5, 5.41) is 0. The quantitative estimate of drug-likeness (QED) is 0.868. The number of halogens is 1. The highest BCUT2D eigenvalue weighted by atomic mass is 35.5. The van der Waals surface area contributed by atoms with E-state index in [1.165, 1.54) is 44.9 Å². The van der Waals surface area contributed by atoms with E-state index in [2.05, 4.69) is 4.90 Å². The standard InChI is InChI=1S/C16H28N2O.ClH/c1-11(10-17)16(19)18-6-2-3-15(18)9-14-8-12-4-5-13(14)7-12;/h11-15H,2-10,17H2,1H3;1H. The second kappa shape index (κ2) is 6.65. The average Bonchev–Trinajstić information content (AvgIpc) is 3.13. The Morgan fingerprint density at radius 2 is 2.10 bits per heavy atom. The summed E-state index contributed by atoms with van der Waals surface area (Å²) in [4.78, 5) is 14.5. The van der Waals surface area contributed by atoms with Gasteiger partial charge in [-0.25, -0.2) is 0 Å². The van der Waals surface area contributed by atoms with Crippen LogP contribution in [0.3, 0.4) is 0 Å². The number of hydrogen-bond acceptors (Lipinski definition) is 2. The molecule has 116 valence electrons. The maximum absolute atomic E-state index is 12.4. The van der Waals surface area contributed by atoms with Crippen molar-refractivity contribution in [2.75, 3.05) is 13.1 Å². The van der Waals surface area contributed by atoms with Crippen LogP contribution in [0.25, 0.3) is 0 Å². The molecule has 3 aliphatic rings. The summed E-state index contributed by atoms with van der Waals surface area (Å²) in [5.41, 5.74) is 5.65. The number of likely N-dealkylation sites (tertiary alicyclic amines) is 1. The molecule has 2 saturated carbocycles. The number of fused-ring (bicyclic) bond motifs is 2. The van der Waals surface area contributed by atoms with Crippen LogP contribution >= 0.6 is 12.4 Å². The maximum Gasteiger partial charge on any atom is 0.226 e. The Hall–Kier alpha value is -0.280. The number of hydrogen-bond donors (Lipinski definition) is 1. The molecule has 2 bridgehead atoms. The van der Waals surface area contributed by atoms with Crippen molar-refractivity contribution in [1.82, 2.24) is 4.90 Å². The van der Waals surface area contributed by atoms with Gasteiger partial charge in [0.15, 0.2) is 0 Å². The Kier molecular flexibility index (Phi) is 5.36. The molecule has 5 unspecified atom stereocenters. The minimum absolute atomic E-state index is 0. The van der Waals surface area contributed by atoms with Gasteiger partial charge < -0.3 is 10.6 Å². The molecule has 1 amide bonds. The van der Waals surface area contributed by atoms with E-state index in [9.17, 15) is 4.79 Å². The molecule has 1 heterocycles. The van der Waals surface area contributed by atoms with Crippen LogP contribution in [0.2, 0.25) is 0 Å². The topological polar surface area (TPSA) is 46.3 Å². The zero-order chi connectivity index (χ0) is 13.4. The Morgan fingerprint density at radius 3 is 2.70 bits per heavy atom. The predicted molar refractivity (Wildman–Crippen MR) is 83.8 cm³/mol. The molecule has 2 aliphatic carbocycles. The normalized spacial score (nSPS) is 37.0. The molecule has 0 aromatic heterocycles. The smallest absolute Gasteiger partial charge is 0.226 e. The van der Waals surface area contributed by atoms with Gasteiger partial charge >= 0.3 is 0 Å². The number of nitrogens with two attached hydrogens (primary N) is 1. The molecular weight excluding hydrogens is 272 g/mol. The van der Waals surface area contributed by atoms with Gasteiger partial charge in [0.1, 0.15) is 0 Å². The van der Waals surface area contributed by atoms with Crippen LogP contribution in [0.15, 0.2) is 0 Å². The van der Waals surface area contributed by atoms with Gasteiger partial charge in [-0.3, -0.25) is 4.79 Å². The molecule has 20 heavy (non-hydrogen) atoms. The first-order valence-electron chi connectivity index (χ1n) is 8.19. The Morgan fingerprint density at radius 1 is 1.30 bits per heavy atom. The summed E-state index contributed by atoms with van der Waals surface area (Å²) in [6, 6.07) is 0.519. The monoisotopic (exact) mass is 300 g/mol. The maximum atomic E-state index is 12.4. The number of carbonyl (C=O) groups excluding carboxylic acids is 1. The van der Waals surface area contributed by atoms with Crippen molar-refractivity contribution in [3.8, 4) is 0 Å². The molecule has 2 N–H and O–H groups in total. The lowest BCUT2D eigenvalue weighted by Gasteiger charge is -2.31. The minimum atomic E-state index is 0. The third-order valence-corrected chi connectivity index (χ3v) is 5.89. The van der Waals surface area contributed by atoms with E-state index in [1.54, 1.807) is 0 Å². The van der Waals surface area contributed by atoms with Gasteiger partial charge in [0, 0.05) is 25.0 Å². The van der Waals surface area contributed by atoms with E-state index in [4.69, 9.17) is 5.73 Å². The fourth-order valence-corrected chi connectivity index (χ4v) is 4.77. The summed E-state index contributed by atoms with van der Waals surface area (Å²) in [6.07, 6.45) is 9.52. The van der Waals surface area contributed by atoms with E-state index < -0.39 is 0 Å². The summed E-state index contributed by atoms with van der Waals surface area (Å²) < 4.78 is 0. The van der Waals surface area contributed by atoms with Crippen LogP contribution in [-0.2, 0) is 4.79 Å². The zero-order valence-electron chi connectivity index (χ0n) is 12.6. The fraction of sp³-hybridized carbons (Fsp3) is 0.938. The van der Waals surface area contributed by atoms with E-state index in [1.807, 2.05) is 6.92 Å². The highest BCUT2D eigenvalue weighted by Gasteiger charge is 2.42. The molecular formula is C16H29ClN2O. The van der Waals surface area contributed by atoms with Gasteiger partial charge in [-0.1, -0.05) is 13.3 Å². The number of nitrogens with zero attached hydrogens (tertiary/aromatic N) is 1. The van der Waals surface area contributed by atoms with Crippen molar-refractivity contribution in [2.24, 2.45) is 29.4 Å². The van der Waals surface area contributed by atoms with Gasteiger partial charge in [0.2, 0.25) is 5.91 Å². The highest BCUT2D eigenvalue weighted by Crippen LogP contribution is 2.50. The van der Waals surface area contributed by atoms with Crippen LogP contribution in [0.4, 0.5) is 0 Å². The Labute approximate surface area is 129 Å². The summed E-state index contributed by atoms with van der Waals surface area (Å²) in [7, 11) is 0. The molecule has 1 aliphatic heterocycles. The van der Waals surface area contributed by atoms with Crippen molar-refractivity contribution < 1.29 is 4.79 Å². The van der Waals surface area contributed by atoms with Crippen LogP contribution in [-0.4, -0.2) is 29.9 Å². The van der Waals surface area contributed by atoms with Crippen molar-refractivity contribution in [3.05, 3.63) is 0 Å².